The molecule has 0 N–H and O–H groups in total. The molecule has 70 valence electrons. The fourth-order valence-electron chi connectivity index (χ4n) is 0.948. The number of methoxy groups -OCH3 is 1. The third-order valence-corrected chi connectivity index (χ3v) is 1.72. The third kappa shape index (κ3) is 2.70. The molecule has 13 heavy (non-hydrogen) atoms. The molecule has 0 aliphatic heterocycles. The van der Waals surface area contributed by atoms with Gasteiger partial charge in [-0.2, -0.15) is 0 Å². The molecule has 0 unspecified atom stereocenters. The first kappa shape index (κ1) is 9.99. The lowest BCUT2D eigenvalue weighted by Gasteiger charge is -2.02. The highest BCUT2D eigenvalue weighted by atomic mass is 35.5. The monoisotopic (exact) mass is 202 g/mol. The zero-order chi connectivity index (χ0) is 9.84. The van der Waals surface area contributed by atoms with Crippen molar-refractivity contribution in [1.29, 1.82) is 0 Å². The van der Waals surface area contributed by atoms with Gasteiger partial charge in [-0.3, -0.25) is 4.79 Å². The van der Waals surface area contributed by atoms with Gasteiger partial charge in [0.05, 0.1) is 7.11 Å². The second kappa shape index (κ2) is 4.23. The minimum absolute atomic E-state index is 0.0998. The SMILES string of the molecule is COc1ccc(CC(=O)Cl)c(F)c1. The van der Waals surface area contributed by atoms with E-state index in [2.05, 4.69) is 0 Å². The summed E-state index contributed by atoms with van der Waals surface area (Å²) in [6, 6.07) is 4.28. The quantitative estimate of drug-likeness (QED) is 0.702. The lowest BCUT2D eigenvalue weighted by atomic mass is 10.1. The molecular weight excluding hydrogens is 195 g/mol. The maximum absolute atomic E-state index is 13.1. The van der Waals surface area contributed by atoms with Crippen molar-refractivity contribution < 1.29 is 13.9 Å². The number of benzene rings is 1. The van der Waals surface area contributed by atoms with Crippen molar-refractivity contribution in [1.82, 2.24) is 0 Å². The van der Waals surface area contributed by atoms with Crippen LogP contribution in [0.2, 0.25) is 0 Å². The van der Waals surface area contributed by atoms with E-state index in [4.69, 9.17) is 16.3 Å². The number of halogens is 2. The van der Waals surface area contributed by atoms with Crippen molar-refractivity contribution >= 4 is 16.8 Å². The van der Waals surface area contributed by atoms with Crippen LogP contribution in [0.1, 0.15) is 5.56 Å². The zero-order valence-electron chi connectivity index (χ0n) is 7.01. The molecule has 0 amide bonds. The topological polar surface area (TPSA) is 26.3 Å². The molecule has 0 spiro atoms. The molecule has 0 aliphatic carbocycles. The molecule has 2 nitrogen and oxygen atoms in total. The fourth-order valence-corrected chi connectivity index (χ4v) is 1.09. The Kier molecular flexibility index (Phi) is 3.25. The van der Waals surface area contributed by atoms with E-state index >= 15 is 0 Å². The predicted octanol–water partition coefficient (Wildman–Crippen LogP) is 2.14. The Balaban J connectivity index is 2.91. The van der Waals surface area contributed by atoms with Crippen LogP contribution in [0.15, 0.2) is 18.2 Å². The number of rotatable bonds is 3. The number of carbonyl (C=O) groups is 1. The Morgan fingerprint density at radius 2 is 2.31 bits per heavy atom. The van der Waals surface area contributed by atoms with Crippen molar-refractivity contribution in [2.75, 3.05) is 7.11 Å². The van der Waals surface area contributed by atoms with Crippen LogP contribution in [-0.4, -0.2) is 12.4 Å². The second-order valence-corrected chi connectivity index (χ2v) is 2.91. The lowest BCUT2D eigenvalue weighted by Crippen LogP contribution is -1.97. The van der Waals surface area contributed by atoms with Gasteiger partial charge in [0.2, 0.25) is 5.24 Å². The van der Waals surface area contributed by atoms with Gasteiger partial charge in [-0.05, 0) is 23.2 Å². The van der Waals surface area contributed by atoms with Gasteiger partial charge in [0.25, 0.3) is 0 Å². The van der Waals surface area contributed by atoms with Crippen LogP contribution in [0, 0.1) is 5.82 Å². The summed E-state index contributed by atoms with van der Waals surface area (Å²) < 4.78 is 17.9. The van der Waals surface area contributed by atoms with Gasteiger partial charge in [-0.1, -0.05) is 6.07 Å². The maximum atomic E-state index is 13.1. The lowest BCUT2D eigenvalue weighted by molar-refractivity contribution is -0.111. The molecule has 0 fully saturated rings. The van der Waals surface area contributed by atoms with E-state index in [-0.39, 0.29) is 12.0 Å². The highest BCUT2D eigenvalue weighted by Crippen LogP contribution is 2.16. The van der Waals surface area contributed by atoms with E-state index in [9.17, 15) is 9.18 Å². The van der Waals surface area contributed by atoms with Gasteiger partial charge < -0.3 is 4.74 Å². The smallest absolute Gasteiger partial charge is 0.226 e. The van der Waals surface area contributed by atoms with E-state index in [0.29, 0.717) is 5.75 Å². The van der Waals surface area contributed by atoms with Crippen LogP contribution in [0.25, 0.3) is 0 Å². The Labute approximate surface area is 80.3 Å². The van der Waals surface area contributed by atoms with Crippen LogP contribution < -0.4 is 4.74 Å². The van der Waals surface area contributed by atoms with Gasteiger partial charge in [-0.15, -0.1) is 0 Å². The number of ether oxygens (including phenoxy) is 1. The van der Waals surface area contributed by atoms with E-state index in [1.165, 1.54) is 19.2 Å². The van der Waals surface area contributed by atoms with Crippen molar-refractivity contribution in [3.8, 4) is 5.75 Å². The van der Waals surface area contributed by atoms with Crippen molar-refractivity contribution in [3.05, 3.63) is 29.6 Å². The molecule has 1 rings (SSSR count). The molecule has 0 heterocycles. The zero-order valence-corrected chi connectivity index (χ0v) is 7.77. The molecule has 4 heteroatoms. The van der Waals surface area contributed by atoms with Gasteiger partial charge in [0, 0.05) is 12.5 Å². The highest BCUT2D eigenvalue weighted by molar-refractivity contribution is 6.63. The molecule has 0 saturated heterocycles. The average Bonchev–Trinajstić information content (AvgIpc) is 2.08. The standard InChI is InChI=1S/C9H8ClFO2/c1-13-7-3-2-6(4-9(10)12)8(11)5-7/h2-3,5H,4H2,1H3. The molecule has 0 atom stereocenters. The average molecular weight is 203 g/mol. The Bertz CT molecular complexity index is 325. The fraction of sp³-hybridized carbons (Fsp3) is 0.222. The van der Waals surface area contributed by atoms with Crippen molar-refractivity contribution in [2.24, 2.45) is 0 Å². The maximum Gasteiger partial charge on any atom is 0.226 e. The first-order valence-corrected chi connectivity index (χ1v) is 4.02. The largest absolute Gasteiger partial charge is 0.497 e. The summed E-state index contributed by atoms with van der Waals surface area (Å²) in [5.74, 6) is -0.0587. The summed E-state index contributed by atoms with van der Waals surface area (Å²) in [6.45, 7) is 0. The molecule has 1 aromatic carbocycles. The molecule has 0 radical (unpaired) electrons. The number of hydrogen-bond acceptors (Lipinski definition) is 2. The predicted molar refractivity (Wildman–Crippen MR) is 47.5 cm³/mol. The Morgan fingerprint density at radius 3 is 2.77 bits per heavy atom. The first-order valence-electron chi connectivity index (χ1n) is 3.64. The van der Waals surface area contributed by atoms with E-state index in [0.717, 1.165) is 0 Å². The molecule has 0 aromatic heterocycles. The minimum atomic E-state index is -0.580. The Hall–Kier alpha value is -1.09. The van der Waals surface area contributed by atoms with Crippen molar-refractivity contribution in [2.45, 2.75) is 6.42 Å². The highest BCUT2D eigenvalue weighted by Gasteiger charge is 2.06. The summed E-state index contributed by atoms with van der Waals surface area (Å²) in [6.07, 6.45) is -0.0998. The normalized spacial score (nSPS) is 9.77. The first-order chi connectivity index (χ1) is 6.13. The number of hydrogen-bond donors (Lipinski definition) is 0. The van der Waals surface area contributed by atoms with E-state index < -0.39 is 11.1 Å². The third-order valence-electron chi connectivity index (χ3n) is 1.59. The van der Waals surface area contributed by atoms with Crippen LogP contribution in [0.3, 0.4) is 0 Å². The minimum Gasteiger partial charge on any atom is -0.497 e. The van der Waals surface area contributed by atoms with Crippen LogP contribution in [0.5, 0.6) is 5.75 Å². The van der Waals surface area contributed by atoms with Gasteiger partial charge in [0.1, 0.15) is 11.6 Å². The summed E-state index contributed by atoms with van der Waals surface area (Å²) in [7, 11) is 1.45. The van der Waals surface area contributed by atoms with Crippen LogP contribution in [0.4, 0.5) is 4.39 Å². The molecular formula is C9H8ClFO2. The van der Waals surface area contributed by atoms with Crippen LogP contribution >= 0.6 is 11.6 Å². The van der Waals surface area contributed by atoms with Gasteiger partial charge >= 0.3 is 0 Å². The van der Waals surface area contributed by atoms with E-state index in [1.54, 1.807) is 6.07 Å². The second-order valence-electron chi connectivity index (χ2n) is 2.49. The number of carbonyl (C=O) groups excluding carboxylic acids is 1. The molecule has 1 aromatic rings. The molecule has 0 saturated carbocycles. The summed E-state index contributed by atoms with van der Waals surface area (Å²) in [5, 5.41) is -0.580. The van der Waals surface area contributed by atoms with Gasteiger partial charge in [-0.25, -0.2) is 4.39 Å². The van der Waals surface area contributed by atoms with Crippen LogP contribution in [-0.2, 0) is 11.2 Å². The van der Waals surface area contributed by atoms with E-state index in [1.807, 2.05) is 0 Å². The summed E-state index contributed by atoms with van der Waals surface area (Å²) in [4.78, 5) is 10.5. The van der Waals surface area contributed by atoms with Crippen molar-refractivity contribution in [3.63, 3.8) is 0 Å². The summed E-state index contributed by atoms with van der Waals surface area (Å²) in [5.41, 5.74) is 0.279. The molecule has 0 aliphatic rings. The Morgan fingerprint density at radius 1 is 1.62 bits per heavy atom. The molecule has 0 bridgehead atoms. The summed E-state index contributed by atoms with van der Waals surface area (Å²) >= 11 is 5.12. The van der Waals surface area contributed by atoms with Gasteiger partial charge in [0.15, 0.2) is 0 Å².